The van der Waals surface area contributed by atoms with E-state index in [2.05, 4.69) is 18.7 Å². The lowest BCUT2D eigenvalue weighted by atomic mass is 9.73. The van der Waals surface area contributed by atoms with Crippen LogP contribution in [0.25, 0.3) is 0 Å². The van der Waals surface area contributed by atoms with Crippen LogP contribution in [-0.4, -0.2) is 48.5 Å². The highest BCUT2D eigenvalue weighted by molar-refractivity contribution is 4.98. The van der Waals surface area contributed by atoms with E-state index >= 15 is 0 Å². The molecule has 1 N–H and O–H groups in total. The van der Waals surface area contributed by atoms with Crippen molar-refractivity contribution in [2.75, 3.05) is 32.8 Å². The van der Waals surface area contributed by atoms with Crippen molar-refractivity contribution in [1.29, 1.82) is 0 Å². The van der Waals surface area contributed by atoms with Crippen LogP contribution in [0.1, 0.15) is 39.5 Å². The van der Waals surface area contributed by atoms with Gasteiger partial charge in [0.25, 0.3) is 0 Å². The summed E-state index contributed by atoms with van der Waals surface area (Å²) in [5.74, 6) is 0. The van der Waals surface area contributed by atoms with Crippen molar-refractivity contribution >= 4 is 0 Å². The van der Waals surface area contributed by atoms with Gasteiger partial charge in [0.1, 0.15) is 0 Å². The summed E-state index contributed by atoms with van der Waals surface area (Å²) >= 11 is 0. The molecule has 2 saturated heterocycles. The number of aliphatic hydroxyl groups is 1. The zero-order valence-electron chi connectivity index (χ0n) is 10.7. The first-order chi connectivity index (χ1) is 7.61. The van der Waals surface area contributed by atoms with E-state index < -0.39 is 5.60 Å². The fourth-order valence-electron chi connectivity index (χ4n) is 3.02. The molecule has 0 aromatic heterocycles. The maximum Gasteiger partial charge on any atom is 0.0768 e. The summed E-state index contributed by atoms with van der Waals surface area (Å²) in [7, 11) is 0. The minimum absolute atomic E-state index is 0.465. The highest BCUT2D eigenvalue weighted by atomic mass is 16.5. The standard InChI is InChI=1S/C13H25NO2/c1-3-13(15,4-2)11-14-9-12(10-14)5-7-16-8-6-12/h15H,3-11H2,1-2H3. The van der Waals surface area contributed by atoms with Crippen molar-refractivity contribution in [1.82, 2.24) is 4.90 Å². The van der Waals surface area contributed by atoms with E-state index in [1.165, 1.54) is 25.9 Å². The Kier molecular flexibility index (Phi) is 3.57. The third kappa shape index (κ3) is 2.41. The molecule has 2 fully saturated rings. The Hall–Kier alpha value is -0.120. The molecule has 1 spiro atoms. The minimum Gasteiger partial charge on any atom is -0.389 e. The summed E-state index contributed by atoms with van der Waals surface area (Å²) in [6, 6.07) is 0. The van der Waals surface area contributed by atoms with Gasteiger partial charge in [0.15, 0.2) is 0 Å². The number of ether oxygens (including phenoxy) is 1. The van der Waals surface area contributed by atoms with E-state index in [9.17, 15) is 5.11 Å². The average molecular weight is 227 g/mol. The van der Waals surface area contributed by atoms with Gasteiger partial charge in [-0.1, -0.05) is 13.8 Å². The lowest BCUT2D eigenvalue weighted by molar-refractivity contribution is -0.111. The zero-order valence-corrected chi connectivity index (χ0v) is 10.7. The molecule has 0 bridgehead atoms. The second-order valence-corrected chi connectivity index (χ2v) is 5.69. The van der Waals surface area contributed by atoms with E-state index in [4.69, 9.17) is 4.74 Å². The number of hydrogen-bond acceptors (Lipinski definition) is 3. The van der Waals surface area contributed by atoms with Gasteiger partial charge in [0.2, 0.25) is 0 Å². The summed E-state index contributed by atoms with van der Waals surface area (Å²) < 4.78 is 5.41. The van der Waals surface area contributed by atoms with Gasteiger partial charge < -0.3 is 9.84 Å². The first kappa shape index (κ1) is 12.3. The third-order valence-corrected chi connectivity index (χ3v) is 4.51. The van der Waals surface area contributed by atoms with Crippen LogP contribution in [0.3, 0.4) is 0 Å². The van der Waals surface area contributed by atoms with Crippen LogP contribution >= 0.6 is 0 Å². The smallest absolute Gasteiger partial charge is 0.0768 e. The van der Waals surface area contributed by atoms with E-state index in [0.717, 1.165) is 32.6 Å². The van der Waals surface area contributed by atoms with Crippen molar-refractivity contribution < 1.29 is 9.84 Å². The highest BCUT2D eigenvalue weighted by Crippen LogP contribution is 2.40. The van der Waals surface area contributed by atoms with E-state index in [1.807, 2.05) is 0 Å². The lowest BCUT2D eigenvalue weighted by Gasteiger charge is -2.54. The van der Waals surface area contributed by atoms with Crippen molar-refractivity contribution in [2.45, 2.75) is 45.1 Å². The molecule has 0 saturated carbocycles. The van der Waals surface area contributed by atoms with Gasteiger partial charge in [0, 0.05) is 38.3 Å². The number of β-amino-alcohol motifs (C(OH)–C–C–N with tert-alkyl or cyclic N) is 1. The molecule has 94 valence electrons. The molecule has 0 amide bonds. The van der Waals surface area contributed by atoms with Crippen molar-refractivity contribution in [3.8, 4) is 0 Å². The fraction of sp³-hybridized carbons (Fsp3) is 1.00. The predicted octanol–water partition coefficient (Wildman–Crippen LogP) is 1.65. The Bertz CT molecular complexity index is 224. The average Bonchev–Trinajstić information content (AvgIpc) is 2.28. The first-order valence-corrected chi connectivity index (χ1v) is 6.64. The van der Waals surface area contributed by atoms with E-state index in [1.54, 1.807) is 0 Å². The van der Waals surface area contributed by atoms with E-state index in [-0.39, 0.29) is 0 Å². The SMILES string of the molecule is CCC(O)(CC)CN1CC2(CCOCC2)C1. The van der Waals surface area contributed by atoms with Crippen molar-refractivity contribution in [2.24, 2.45) is 5.41 Å². The Morgan fingerprint density at radius 2 is 1.75 bits per heavy atom. The van der Waals surface area contributed by atoms with Crippen molar-refractivity contribution in [3.63, 3.8) is 0 Å². The third-order valence-electron chi connectivity index (χ3n) is 4.51. The van der Waals surface area contributed by atoms with Crippen LogP contribution in [0, 0.1) is 5.41 Å². The Labute approximate surface area is 98.8 Å². The second kappa shape index (κ2) is 4.63. The van der Waals surface area contributed by atoms with Gasteiger partial charge in [-0.25, -0.2) is 0 Å². The maximum absolute atomic E-state index is 10.3. The highest BCUT2D eigenvalue weighted by Gasteiger charge is 2.45. The molecule has 2 aliphatic heterocycles. The second-order valence-electron chi connectivity index (χ2n) is 5.69. The summed E-state index contributed by atoms with van der Waals surface area (Å²) in [5, 5.41) is 10.3. The van der Waals surface area contributed by atoms with Crippen LogP contribution < -0.4 is 0 Å². The van der Waals surface area contributed by atoms with Crippen LogP contribution in [-0.2, 0) is 4.74 Å². The molecule has 2 aliphatic rings. The quantitative estimate of drug-likeness (QED) is 0.792. The molecule has 0 atom stereocenters. The number of likely N-dealkylation sites (tertiary alicyclic amines) is 1. The first-order valence-electron chi connectivity index (χ1n) is 6.64. The summed E-state index contributed by atoms with van der Waals surface area (Å²) in [5.41, 5.74) is 0.0629. The molecular weight excluding hydrogens is 202 g/mol. The normalized spacial score (nSPS) is 25.7. The maximum atomic E-state index is 10.3. The van der Waals surface area contributed by atoms with E-state index in [0.29, 0.717) is 5.41 Å². The molecule has 0 aliphatic carbocycles. The topological polar surface area (TPSA) is 32.7 Å². The number of rotatable bonds is 4. The molecular formula is C13H25NO2. The monoisotopic (exact) mass is 227 g/mol. The molecule has 0 radical (unpaired) electrons. The molecule has 2 heterocycles. The molecule has 0 aromatic carbocycles. The van der Waals surface area contributed by atoms with Gasteiger partial charge >= 0.3 is 0 Å². The fourth-order valence-corrected chi connectivity index (χ4v) is 3.02. The van der Waals surface area contributed by atoms with Gasteiger partial charge in [-0.05, 0) is 25.7 Å². The summed E-state index contributed by atoms with van der Waals surface area (Å²) in [6.45, 7) is 9.19. The molecule has 0 aromatic rings. The predicted molar refractivity (Wildman–Crippen MR) is 64.5 cm³/mol. The summed E-state index contributed by atoms with van der Waals surface area (Å²) in [6.07, 6.45) is 4.13. The number of hydrogen-bond donors (Lipinski definition) is 1. The van der Waals surface area contributed by atoms with Crippen LogP contribution in [0.2, 0.25) is 0 Å². The van der Waals surface area contributed by atoms with Gasteiger partial charge in [-0.2, -0.15) is 0 Å². The molecule has 0 unspecified atom stereocenters. The van der Waals surface area contributed by atoms with Crippen LogP contribution in [0.15, 0.2) is 0 Å². The zero-order chi connectivity index (χ0) is 11.6. The van der Waals surface area contributed by atoms with Gasteiger partial charge in [-0.15, -0.1) is 0 Å². The molecule has 3 nitrogen and oxygen atoms in total. The largest absolute Gasteiger partial charge is 0.389 e. The van der Waals surface area contributed by atoms with Gasteiger partial charge in [-0.3, -0.25) is 4.90 Å². The summed E-state index contributed by atoms with van der Waals surface area (Å²) in [4.78, 5) is 2.42. The Morgan fingerprint density at radius 1 is 1.19 bits per heavy atom. The Morgan fingerprint density at radius 3 is 2.25 bits per heavy atom. The Balaban J connectivity index is 1.79. The van der Waals surface area contributed by atoms with Crippen LogP contribution in [0.5, 0.6) is 0 Å². The molecule has 2 rings (SSSR count). The molecule has 16 heavy (non-hydrogen) atoms. The lowest BCUT2D eigenvalue weighted by Crippen LogP contribution is -2.61. The van der Waals surface area contributed by atoms with Gasteiger partial charge in [0.05, 0.1) is 5.60 Å². The van der Waals surface area contributed by atoms with Crippen molar-refractivity contribution in [3.05, 3.63) is 0 Å². The molecule has 3 heteroatoms. The van der Waals surface area contributed by atoms with Crippen LogP contribution in [0.4, 0.5) is 0 Å². The minimum atomic E-state index is -0.465. The number of nitrogens with zero attached hydrogens (tertiary/aromatic N) is 1.